The second kappa shape index (κ2) is 5.51. The SMILES string of the molecule is C#CCCCC(N)Cn1cnc2ccccc21. The Morgan fingerprint density at radius 1 is 1.41 bits per heavy atom. The van der Waals surface area contributed by atoms with Gasteiger partial charge in [0.1, 0.15) is 0 Å². The van der Waals surface area contributed by atoms with E-state index in [0.29, 0.717) is 0 Å². The zero-order valence-corrected chi connectivity index (χ0v) is 9.84. The summed E-state index contributed by atoms with van der Waals surface area (Å²) >= 11 is 0. The van der Waals surface area contributed by atoms with Gasteiger partial charge in [-0.3, -0.25) is 0 Å². The number of hydrogen-bond acceptors (Lipinski definition) is 2. The van der Waals surface area contributed by atoms with E-state index in [4.69, 9.17) is 12.2 Å². The van der Waals surface area contributed by atoms with E-state index in [0.717, 1.165) is 36.8 Å². The monoisotopic (exact) mass is 227 g/mol. The molecule has 2 N–H and O–H groups in total. The lowest BCUT2D eigenvalue weighted by atomic mass is 10.1. The van der Waals surface area contributed by atoms with Crippen LogP contribution in [0.1, 0.15) is 19.3 Å². The van der Waals surface area contributed by atoms with Gasteiger partial charge in [0.15, 0.2) is 0 Å². The third kappa shape index (κ3) is 2.86. The van der Waals surface area contributed by atoms with Crippen molar-refractivity contribution in [2.45, 2.75) is 31.8 Å². The van der Waals surface area contributed by atoms with E-state index in [1.54, 1.807) is 0 Å². The minimum absolute atomic E-state index is 0.140. The zero-order valence-electron chi connectivity index (χ0n) is 9.84. The van der Waals surface area contributed by atoms with Crippen LogP contribution in [-0.2, 0) is 6.54 Å². The van der Waals surface area contributed by atoms with Crippen molar-refractivity contribution >= 4 is 11.0 Å². The number of imidazole rings is 1. The maximum atomic E-state index is 6.08. The number of terminal acetylenes is 1. The lowest BCUT2D eigenvalue weighted by molar-refractivity contribution is 0.514. The van der Waals surface area contributed by atoms with E-state index in [9.17, 15) is 0 Å². The molecule has 1 heterocycles. The summed E-state index contributed by atoms with van der Waals surface area (Å²) in [5.74, 6) is 2.64. The van der Waals surface area contributed by atoms with Gasteiger partial charge >= 0.3 is 0 Å². The van der Waals surface area contributed by atoms with E-state index in [-0.39, 0.29) is 6.04 Å². The van der Waals surface area contributed by atoms with Crippen molar-refractivity contribution < 1.29 is 0 Å². The lowest BCUT2D eigenvalue weighted by Gasteiger charge is -2.12. The molecule has 3 nitrogen and oxygen atoms in total. The van der Waals surface area contributed by atoms with Crippen LogP contribution in [0.5, 0.6) is 0 Å². The van der Waals surface area contributed by atoms with E-state index in [2.05, 4.69) is 21.5 Å². The molecule has 0 aliphatic rings. The summed E-state index contributed by atoms with van der Waals surface area (Å²) in [6.45, 7) is 0.797. The molecular formula is C14H17N3. The number of nitrogens with zero attached hydrogens (tertiary/aromatic N) is 2. The first-order chi connectivity index (χ1) is 8.31. The molecule has 0 radical (unpaired) electrons. The van der Waals surface area contributed by atoms with Crippen LogP contribution >= 0.6 is 0 Å². The van der Waals surface area contributed by atoms with Crippen molar-refractivity contribution in [1.82, 2.24) is 9.55 Å². The van der Waals surface area contributed by atoms with Gasteiger partial charge in [-0.25, -0.2) is 4.98 Å². The number of hydrogen-bond donors (Lipinski definition) is 1. The van der Waals surface area contributed by atoms with Crippen LogP contribution in [0.4, 0.5) is 0 Å². The highest BCUT2D eigenvalue weighted by atomic mass is 15.1. The van der Waals surface area contributed by atoms with Crippen LogP contribution in [-0.4, -0.2) is 15.6 Å². The number of para-hydroxylation sites is 2. The van der Waals surface area contributed by atoms with Gasteiger partial charge in [-0.05, 0) is 25.0 Å². The molecule has 0 bridgehead atoms. The first kappa shape index (κ1) is 11.7. The minimum Gasteiger partial charge on any atom is -0.329 e. The van der Waals surface area contributed by atoms with Crippen LogP contribution in [0, 0.1) is 12.3 Å². The Labute approximate surface area is 102 Å². The Morgan fingerprint density at radius 3 is 3.06 bits per heavy atom. The summed E-state index contributed by atoms with van der Waals surface area (Å²) in [6, 6.07) is 8.23. The van der Waals surface area contributed by atoms with Crippen LogP contribution in [0.15, 0.2) is 30.6 Å². The van der Waals surface area contributed by atoms with Crippen LogP contribution in [0.2, 0.25) is 0 Å². The fourth-order valence-corrected chi connectivity index (χ4v) is 1.97. The molecule has 3 heteroatoms. The molecular weight excluding hydrogens is 210 g/mol. The van der Waals surface area contributed by atoms with Crippen LogP contribution in [0.25, 0.3) is 11.0 Å². The predicted octanol–water partition coefficient (Wildman–Crippen LogP) is 2.17. The summed E-state index contributed by atoms with van der Waals surface area (Å²) in [4.78, 5) is 4.34. The average molecular weight is 227 g/mol. The van der Waals surface area contributed by atoms with Gasteiger partial charge in [0.2, 0.25) is 0 Å². The standard InChI is InChI=1S/C14H17N3/c1-2-3-4-7-12(15)10-17-11-16-13-8-5-6-9-14(13)17/h1,5-6,8-9,11-12H,3-4,7,10,15H2. The molecule has 0 saturated heterocycles. The summed E-state index contributed by atoms with van der Waals surface area (Å²) < 4.78 is 2.11. The highest BCUT2D eigenvalue weighted by molar-refractivity contribution is 5.74. The fraction of sp³-hybridized carbons (Fsp3) is 0.357. The largest absolute Gasteiger partial charge is 0.329 e. The molecule has 2 aromatic rings. The highest BCUT2D eigenvalue weighted by Crippen LogP contribution is 2.12. The van der Waals surface area contributed by atoms with Gasteiger partial charge in [0.05, 0.1) is 17.4 Å². The van der Waals surface area contributed by atoms with Crippen molar-refractivity contribution in [3.05, 3.63) is 30.6 Å². The average Bonchev–Trinajstić information content (AvgIpc) is 2.73. The number of unbranched alkanes of at least 4 members (excludes halogenated alkanes) is 1. The van der Waals surface area contributed by atoms with E-state index in [1.165, 1.54) is 0 Å². The van der Waals surface area contributed by atoms with Gasteiger partial charge < -0.3 is 10.3 Å². The number of rotatable bonds is 5. The fourth-order valence-electron chi connectivity index (χ4n) is 1.97. The number of nitrogens with two attached hydrogens (primary N) is 1. The Hall–Kier alpha value is -1.79. The Balaban J connectivity index is 2.01. The number of fused-ring (bicyclic) bond motifs is 1. The van der Waals surface area contributed by atoms with Crippen molar-refractivity contribution in [3.8, 4) is 12.3 Å². The normalized spacial score (nSPS) is 12.5. The topological polar surface area (TPSA) is 43.8 Å². The molecule has 17 heavy (non-hydrogen) atoms. The van der Waals surface area contributed by atoms with Crippen LogP contribution in [0.3, 0.4) is 0 Å². The van der Waals surface area contributed by atoms with Gasteiger partial charge in [0.25, 0.3) is 0 Å². The summed E-state index contributed by atoms with van der Waals surface area (Å²) in [5, 5.41) is 0. The maximum absolute atomic E-state index is 6.08. The molecule has 1 aromatic heterocycles. The maximum Gasteiger partial charge on any atom is 0.0958 e. The van der Waals surface area contributed by atoms with E-state index >= 15 is 0 Å². The molecule has 0 saturated carbocycles. The van der Waals surface area contributed by atoms with Gasteiger partial charge in [0, 0.05) is 19.0 Å². The second-order valence-electron chi connectivity index (χ2n) is 4.24. The van der Waals surface area contributed by atoms with Gasteiger partial charge in [-0.2, -0.15) is 0 Å². The quantitative estimate of drug-likeness (QED) is 0.628. The van der Waals surface area contributed by atoms with Gasteiger partial charge in [-0.1, -0.05) is 12.1 Å². The summed E-state index contributed by atoms with van der Waals surface area (Å²) in [6.07, 6.45) is 9.82. The van der Waals surface area contributed by atoms with Crippen molar-refractivity contribution in [2.24, 2.45) is 5.73 Å². The third-order valence-corrected chi connectivity index (χ3v) is 2.85. The van der Waals surface area contributed by atoms with E-state index < -0.39 is 0 Å². The second-order valence-corrected chi connectivity index (χ2v) is 4.24. The van der Waals surface area contributed by atoms with Crippen molar-refractivity contribution in [1.29, 1.82) is 0 Å². The number of benzene rings is 1. The van der Waals surface area contributed by atoms with Crippen LogP contribution < -0.4 is 5.73 Å². The molecule has 88 valence electrons. The van der Waals surface area contributed by atoms with E-state index in [1.807, 2.05) is 24.5 Å². The first-order valence-electron chi connectivity index (χ1n) is 5.90. The molecule has 0 aliphatic heterocycles. The minimum atomic E-state index is 0.140. The smallest absolute Gasteiger partial charge is 0.0958 e. The molecule has 0 aliphatic carbocycles. The molecule has 2 rings (SSSR count). The van der Waals surface area contributed by atoms with Crippen molar-refractivity contribution in [2.75, 3.05) is 0 Å². The highest BCUT2D eigenvalue weighted by Gasteiger charge is 2.06. The lowest BCUT2D eigenvalue weighted by Crippen LogP contribution is -2.25. The molecule has 0 amide bonds. The zero-order chi connectivity index (χ0) is 12.1. The molecule has 0 spiro atoms. The third-order valence-electron chi connectivity index (χ3n) is 2.85. The van der Waals surface area contributed by atoms with Crippen molar-refractivity contribution in [3.63, 3.8) is 0 Å². The Bertz CT molecular complexity index is 521. The molecule has 1 aromatic carbocycles. The first-order valence-corrected chi connectivity index (χ1v) is 5.90. The molecule has 0 fully saturated rings. The Kier molecular flexibility index (Phi) is 3.79. The Morgan fingerprint density at radius 2 is 2.24 bits per heavy atom. The summed E-state index contributed by atoms with van der Waals surface area (Å²) in [7, 11) is 0. The number of aromatic nitrogens is 2. The van der Waals surface area contributed by atoms with Gasteiger partial charge in [-0.15, -0.1) is 12.3 Å². The molecule has 1 unspecified atom stereocenters. The molecule has 1 atom stereocenters. The summed E-state index contributed by atoms with van der Waals surface area (Å²) in [5.41, 5.74) is 8.24. The predicted molar refractivity (Wildman–Crippen MR) is 70.4 cm³/mol.